The number of hydrogen-bond donors (Lipinski definition) is 0. The van der Waals surface area contributed by atoms with Crippen molar-refractivity contribution in [2.45, 2.75) is 77.0 Å². The van der Waals surface area contributed by atoms with Gasteiger partial charge in [0, 0.05) is 32.7 Å². The maximum absolute atomic E-state index is 5.38. The van der Waals surface area contributed by atoms with Crippen molar-refractivity contribution in [1.29, 1.82) is 0 Å². The van der Waals surface area contributed by atoms with Crippen molar-refractivity contribution in [3.05, 3.63) is 17.5 Å². The quantitative estimate of drug-likeness (QED) is 0.716. The number of rotatable bonds is 3. The van der Waals surface area contributed by atoms with Crippen molar-refractivity contribution in [1.82, 2.24) is 5.16 Å². The van der Waals surface area contributed by atoms with Crippen LogP contribution in [0.4, 0.5) is 0 Å². The monoisotopic (exact) mass is 349 g/mol. The molecule has 0 N–H and O–H groups in total. The van der Waals surface area contributed by atoms with Crippen molar-refractivity contribution in [3.63, 3.8) is 0 Å². The summed E-state index contributed by atoms with van der Waals surface area (Å²) < 4.78 is 5.38. The molecule has 0 amide bonds. The summed E-state index contributed by atoms with van der Waals surface area (Å²) in [6, 6.07) is 3.26. The summed E-state index contributed by atoms with van der Waals surface area (Å²) in [4.78, 5) is 0. The molecule has 0 saturated heterocycles. The Hall–Kier alpha value is 0.314. The Bertz CT molecular complexity index is 389. The normalized spacial score (nSPS) is 28.1. The molecular weight excluding hydrogens is 323 g/mol. The van der Waals surface area contributed by atoms with Gasteiger partial charge in [-0.25, -0.2) is 0 Å². The number of hydrogen-bond acceptors (Lipinski definition) is 2. The molecule has 109 valence electrons. The van der Waals surface area contributed by atoms with Gasteiger partial charge >= 0.3 is 0 Å². The van der Waals surface area contributed by atoms with Crippen molar-refractivity contribution < 1.29 is 37.2 Å². The molecule has 1 radical (unpaired) electrons. The van der Waals surface area contributed by atoms with Crippen molar-refractivity contribution >= 4 is 0 Å². The zero-order valence-electron chi connectivity index (χ0n) is 12.7. The van der Waals surface area contributed by atoms with E-state index in [1.165, 1.54) is 64.2 Å². The van der Waals surface area contributed by atoms with Crippen LogP contribution in [0.1, 0.15) is 81.6 Å². The maximum atomic E-state index is 5.38. The fourth-order valence-electron chi connectivity index (χ4n) is 4.07. The molecule has 2 fully saturated rings. The van der Waals surface area contributed by atoms with E-state index in [1.807, 2.05) is 6.92 Å². The standard InChI is InChI=1S/C17H26NO.Y/c1-13-11-17(19-18-13)16-9-7-15(8-10-16)12-14-5-3-2-4-6-14;/h14-16H,2-10,12H2,1H3;/q-1;. The van der Waals surface area contributed by atoms with Gasteiger partial charge in [-0.15, -0.1) is 5.16 Å². The smallest absolute Gasteiger partial charge is 0 e. The van der Waals surface area contributed by atoms with E-state index in [1.54, 1.807) is 0 Å². The number of aryl methyl sites for hydroxylation is 1. The van der Waals surface area contributed by atoms with Gasteiger partial charge < -0.3 is 10.6 Å². The summed E-state index contributed by atoms with van der Waals surface area (Å²) in [6.45, 7) is 1.96. The Labute approximate surface area is 148 Å². The largest absolute Gasteiger partial charge is 0.403 e. The van der Waals surface area contributed by atoms with Crippen LogP contribution in [0.15, 0.2) is 4.52 Å². The van der Waals surface area contributed by atoms with Gasteiger partial charge in [0.25, 0.3) is 0 Å². The van der Waals surface area contributed by atoms with Crippen LogP contribution in [-0.4, -0.2) is 5.16 Å². The second-order valence-electron chi connectivity index (χ2n) is 6.71. The van der Waals surface area contributed by atoms with Crippen LogP contribution in [0.3, 0.4) is 0 Å². The molecule has 2 aliphatic carbocycles. The van der Waals surface area contributed by atoms with E-state index in [0.29, 0.717) is 5.92 Å². The molecular formula is C17H26NOY-. The minimum atomic E-state index is 0. The zero-order valence-corrected chi connectivity index (χ0v) is 15.6. The van der Waals surface area contributed by atoms with Crippen LogP contribution in [0.2, 0.25) is 0 Å². The van der Waals surface area contributed by atoms with E-state index in [4.69, 9.17) is 4.52 Å². The molecule has 1 heterocycles. The van der Waals surface area contributed by atoms with Gasteiger partial charge in [0.05, 0.1) is 0 Å². The third-order valence-corrected chi connectivity index (χ3v) is 5.19. The van der Waals surface area contributed by atoms with Crippen LogP contribution in [0, 0.1) is 24.8 Å². The SMILES string of the molecule is Cc1[c-]c(C2CCC(CC3CCCCC3)CC2)on1.[Y]. The van der Waals surface area contributed by atoms with E-state index in [9.17, 15) is 0 Å². The van der Waals surface area contributed by atoms with Crippen molar-refractivity contribution in [2.75, 3.05) is 0 Å². The summed E-state index contributed by atoms with van der Waals surface area (Å²) in [7, 11) is 0. The van der Waals surface area contributed by atoms with Gasteiger partial charge in [-0.3, -0.25) is 0 Å². The van der Waals surface area contributed by atoms with E-state index in [2.05, 4.69) is 11.2 Å². The molecule has 2 nitrogen and oxygen atoms in total. The molecule has 3 rings (SSSR count). The first kappa shape index (κ1) is 16.7. The Morgan fingerprint density at radius 3 is 2.25 bits per heavy atom. The average Bonchev–Trinajstić information content (AvgIpc) is 2.87. The minimum Gasteiger partial charge on any atom is -0.403 e. The Morgan fingerprint density at radius 1 is 1.00 bits per heavy atom. The third-order valence-electron chi connectivity index (χ3n) is 5.19. The van der Waals surface area contributed by atoms with Crippen LogP contribution in [0.25, 0.3) is 0 Å². The Balaban J connectivity index is 0.00000147. The first-order chi connectivity index (χ1) is 9.31. The summed E-state index contributed by atoms with van der Waals surface area (Å²) in [6.07, 6.45) is 14.2. The summed E-state index contributed by atoms with van der Waals surface area (Å²) >= 11 is 0. The molecule has 20 heavy (non-hydrogen) atoms. The number of aromatic nitrogens is 1. The molecule has 1 aromatic heterocycles. The Kier molecular flexibility index (Phi) is 6.74. The van der Waals surface area contributed by atoms with E-state index in [0.717, 1.165) is 23.3 Å². The average molecular weight is 349 g/mol. The van der Waals surface area contributed by atoms with Gasteiger partial charge in [0.15, 0.2) is 0 Å². The molecule has 2 aliphatic rings. The van der Waals surface area contributed by atoms with Crippen LogP contribution >= 0.6 is 0 Å². The first-order valence-electron chi connectivity index (χ1n) is 8.16. The molecule has 0 unspecified atom stereocenters. The molecule has 0 atom stereocenters. The van der Waals surface area contributed by atoms with E-state index in [-0.39, 0.29) is 32.7 Å². The summed E-state index contributed by atoms with van der Waals surface area (Å²) in [5, 5.41) is 3.97. The molecule has 1 aromatic rings. The van der Waals surface area contributed by atoms with Gasteiger partial charge in [-0.2, -0.15) is 0 Å². The van der Waals surface area contributed by atoms with Gasteiger partial charge in [0.2, 0.25) is 0 Å². The fraction of sp³-hybridized carbons (Fsp3) is 0.824. The van der Waals surface area contributed by atoms with Gasteiger partial charge in [-0.1, -0.05) is 44.7 Å². The maximum Gasteiger partial charge on any atom is 0 e. The van der Waals surface area contributed by atoms with Crippen molar-refractivity contribution in [3.8, 4) is 0 Å². The molecule has 2 saturated carbocycles. The van der Waals surface area contributed by atoms with E-state index >= 15 is 0 Å². The van der Waals surface area contributed by atoms with Gasteiger partial charge in [-0.05, 0) is 55.6 Å². The minimum absolute atomic E-state index is 0. The van der Waals surface area contributed by atoms with Crippen molar-refractivity contribution in [2.24, 2.45) is 11.8 Å². The van der Waals surface area contributed by atoms with Gasteiger partial charge in [0.1, 0.15) is 0 Å². The fourth-order valence-corrected chi connectivity index (χ4v) is 4.07. The second kappa shape index (κ2) is 8.08. The number of nitrogens with zero attached hydrogens (tertiary/aromatic N) is 1. The molecule has 0 bridgehead atoms. The Morgan fingerprint density at radius 2 is 1.65 bits per heavy atom. The first-order valence-corrected chi connectivity index (χ1v) is 8.16. The predicted octanol–water partition coefficient (Wildman–Crippen LogP) is 5.02. The summed E-state index contributed by atoms with van der Waals surface area (Å²) in [5.74, 6) is 3.61. The predicted molar refractivity (Wildman–Crippen MR) is 76.0 cm³/mol. The summed E-state index contributed by atoms with van der Waals surface area (Å²) in [5.41, 5.74) is 0.902. The van der Waals surface area contributed by atoms with Crippen LogP contribution in [-0.2, 0) is 32.7 Å². The molecule has 0 spiro atoms. The topological polar surface area (TPSA) is 26.0 Å². The second-order valence-corrected chi connectivity index (χ2v) is 6.71. The molecule has 0 aliphatic heterocycles. The van der Waals surface area contributed by atoms with Crippen LogP contribution in [0.5, 0.6) is 0 Å². The molecule has 0 aromatic carbocycles. The zero-order chi connectivity index (χ0) is 13.1. The third kappa shape index (κ3) is 4.40. The molecule has 3 heteroatoms. The van der Waals surface area contributed by atoms with E-state index < -0.39 is 0 Å². The van der Waals surface area contributed by atoms with Crippen LogP contribution < -0.4 is 0 Å².